The van der Waals surface area contributed by atoms with Crippen LogP contribution >= 0.6 is 23.2 Å². The predicted octanol–water partition coefficient (Wildman–Crippen LogP) is 3.48. The predicted molar refractivity (Wildman–Crippen MR) is 117 cm³/mol. The molecule has 0 bridgehead atoms. The van der Waals surface area contributed by atoms with Gasteiger partial charge in [-0.1, -0.05) is 23.2 Å². The number of fused-ring (bicyclic) bond motifs is 1. The van der Waals surface area contributed by atoms with Gasteiger partial charge in [0.15, 0.2) is 5.82 Å². The van der Waals surface area contributed by atoms with Crippen molar-refractivity contribution in [3.05, 3.63) is 56.2 Å². The number of hydrogen-bond acceptors (Lipinski definition) is 8. The Bertz CT molecular complexity index is 1380. The van der Waals surface area contributed by atoms with E-state index in [0.717, 1.165) is 4.57 Å². The van der Waals surface area contributed by atoms with Crippen molar-refractivity contribution in [2.45, 2.75) is 19.4 Å². The van der Waals surface area contributed by atoms with Crippen LogP contribution in [-0.2, 0) is 0 Å². The summed E-state index contributed by atoms with van der Waals surface area (Å²) in [6.07, 6.45) is -1.58. The van der Waals surface area contributed by atoms with Gasteiger partial charge in [0.25, 0.3) is 12.0 Å². The molecule has 0 unspecified atom stereocenters. The van der Waals surface area contributed by atoms with Gasteiger partial charge in [-0.25, -0.2) is 18.3 Å². The number of halogens is 4. The molecule has 0 amide bonds. The van der Waals surface area contributed by atoms with Crippen molar-refractivity contribution in [3.63, 3.8) is 0 Å². The fourth-order valence-electron chi connectivity index (χ4n) is 3.25. The molecule has 166 valence electrons. The molecule has 1 aromatic carbocycles. The van der Waals surface area contributed by atoms with Crippen LogP contribution in [0.5, 0.6) is 0 Å². The standard InChI is InChI=1S/C18H15Cl2F2N9O/c1-6(26-15-12(20)14(23)28-18(24)29-15)16-27-8-3-2-7(19)10(13(21)22)11(8)17(32)31(16)9-4-5-25-30-9/h2-6,13H,1H3,(H,25,30)(H5,23,24,26,28,29)/t6-/m0/s1. The van der Waals surface area contributed by atoms with Crippen molar-refractivity contribution in [1.82, 2.24) is 29.7 Å². The zero-order valence-electron chi connectivity index (χ0n) is 16.3. The first-order valence-electron chi connectivity index (χ1n) is 9.07. The number of aromatic amines is 1. The third kappa shape index (κ3) is 3.67. The van der Waals surface area contributed by atoms with E-state index in [9.17, 15) is 13.6 Å². The van der Waals surface area contributed by atoms with Gasteiger partial charge in [-0.2, -0.15) is 15.1 Å². The molecule has 32 heavy (non-hydrogen) atoms. The summed E-state index contributed by atoms with van der Waals surface area (Å²) in [5.74, 6) is 0.318. The summed E-state index contributed by atoms with van der Waals surface area (Å²) < 4.78 is 28.6. The summed E-state index contributed by atoms with van der Waals surface area (Å²) in [5, 5.41) is 8.94. The van der Waals surface area contributed by atoms with Crippen molar-refractivity contribution in [2.75, 3.05) is 16.8 Å². The Morgan fingerprint density at radius 3 is 2.56 bits per heavy atom. The van der Waals surface area contributed by atoms with Crippen molar-refractivity contribution < 1.29 is 8.78 Å². The molecule has 14 heteroatoms. The number of H-pyrrole nitrogens is 1. The van der Waals surface area contributed by atoms with Crippen molar-refractivity contribution in [3.8, 4) is 5.82 Å². The maximum Gasteiger partial charge on any atom is 0.267 e. The minimum Gasteiger partial charge on any atom is -0.382 e. The summed E-state index contributed by atoms with van der Waals surface area (Å²) in [4.78, 5) is 25.7. The van der Waals surface area contributed by atoms with E-state index >= 15 is 0 Å². The molecule has 0 saturated heterocycles. The van der Waals surface area contributed by atoms with Gasteiger partial charge in [-0.05, 0) is 19.1 Å². The van der Waals surface area contributed by atoms with Gasteiger partial charge in [0.1, 0.15) is 22.5 Å². The Morgan fingerprint density at radius 2 is 1.91 bits per heavy atom. The topological polar surface area (TPSA) is 153 Å². The minimum absolute atomic E-state index is 0.0223. The highest BCUT2D eigenvalue weighted by Gasteiger charge is 2.25. The lowest BCUT2D eigenvalue weighted by atomic mass is 10.1. The average molecular weight is 482 g/mol. The van der Waals surface area contributed by atoms with E-state index < -0.39 is 23.6 Å². The Balaban J connectivity index is 1.96. The first-order valence-corrected chi connectivity index (χ1v) is 9.82. The average Bonchev–Trinajstić information content (AvgIpc) is 3.25. The molecule has 0 radical (unpaired) electrons. The second-order valence-corrected chi connectivity index (χ2v) is 7.49. The number of nitrogen functional groups attached to an aromatic ring is 2. The summed E-state index contributed by atoms with van der Waals surface area (Å²) >= 11 is 12.1. The van der Waals surface area contributed by atoms with E-state index in [1.165, 1.54) is 24.4 Å². The van der Waals surface area contributed by atoms with Gasteiger partial charge in [0.2, 0.25) is 5.95 Å². The Morgan fingerprint density at radius 1 is 1.16 bits per heavy atom. The fourth-order valence-corrected chi connectivity index (χ4v) is 3.63. The largest absolute Gasteiger partial charge is 0.382 e. The molecule has 0 aliphatic rings. The Kier molecular flexibility index (Phi) is 5.57. The first kappa shape index (κ1) is 21.7. The zero-order chi connectivity index (χ0) is 23.2. The third-order valence-corrected chi connectivity index (χ3v) is 5.33. The number of benzene rings is 1. The molecule has 6 N–H and O–H groups in total. The Hall–Kier alpha value is -3.51. The van der Waals surface area contributed by atoms with Crippen LogP contribution in [-0.4, -0.2) is 29.7 Å². The number of nitrogens with zero attached hydrogens (tertiary/aromatic N) is 5. The van der Waals surface area contributed by atoms with Gasteiger partial charge in [0.05, 0.1) is 33.7 Å². The maximum atomic E-state index is 13.7. The molecule has 4 aromatic rings. The molecule has 0 saturated carbocycles. The van der Waals surface area contributed by atoms with Crippen molar-refractivity contribution >= 4 is 51.7 Å². The van der Waals surface area contributed by atoms with Crippen molar-refractivity contribution in [1.29, 1.82) is 0 Å². The van der Waals surface area contributed by atoms with Gasteiger partial charge in [-0.15, -0.1) is 0 Å². The van der Waals surface area contributed by atoms with Crippen LogP contribution in [0, 0.1) is 0 Å². The van der Waals surface area contributed by atoms with Crippen LogP contribution in [0.3, 0.4) is 0 Å². The first-order chi connectivity index (χ1) is 15.2. The van der Waals surface area contributed by atoms with E-state index in [1.54, 1.807) is 6.92 Å². The van der Waals surface area contributed by atoms with Crippen LogP contribution < -0.4 is 22.3 Å². The SMILES string of the molecule is C[C@H](Nc1nc(N)nc(N)c1Cl)c1nc2ccc(Cl)c(C(F)F)c2c(=O)n1-c1ccn[nH]1. The van der Waals surface area contributed by atoms with Gasteiger partial charge >= 0.3 is 0 Å². The molecular formula is C18H15Cl2F2N9O. The molecule has 3 heterocycles. The van der Waals surface area contributed by atoms with E-state index in [2.05, 4.69) is 30.5 Å². The minimum atomic E-state index is -2.98. The zero-order valence-corrected chi connectivity index (χ0v) is 17.8. The molecule has 0 fully saturated rings. The lowest BCUT2D eigenvalue weighted by Crippen LogP contribution is -2.28. The third-order valence-electron chi connectivity index (χ3n) is 4.63. The second-order valence-electron chi connectivity index (χ2n) is 6.70. The Labute approximate surface area is 188 Å². The molecule has 4 rings (SSSR count). The molecule has 1 atom stereocenters. The lowest BCUT2D eigenvalue weighted by molar-refractivity contribution is 0.153. The molecular weight excluding hydrogens is 467 g/mol. The highest BCUT2D eigenvalue weighted by atomic mass is 35.5. The highest BCUT2D eigenvalue weighted by molar-refractivity contribution is 6.35. The van der Waals surface area contributed by atoms with Crippen LogP contribution in [0.15, 0.2) is 29.2 Å². The molecule has 0 spiro atoms. The number of rotatable bonds is 5. The maximum absolute atomic E-state index is 13.7. The fraction of sp³-hybridized carbons (Fsp3) is 0.167. The number of aromatic nitrogens is 6. The van der Waals surface area contributed by atoms with E-state index in [0.29, 0.717) is 0 Å². The van der Waals surface area contributed by atoms with Crippen LogP contribution in [0.4, 0.5) is 26.4 Å². The monoisotopic (exact) mass is 481 g/mol. The van der Waals surface area contributed by atoms with Crippen LogP contribution in [0.25, 0.3) is 16.7 Å². The number of hydrogen-bond donors (Lipinski definition) is 4. The summed E-state index contributed by atoms with van der Waals surface area (Å²) in [6, 6.07) is 3.44. The van der Waals surface area contributed by atoms with E-state index in [1.807, 2.05) is 0 Å². The normalized spacial score (nSPS) is 12.4. The molecule has 10 nitrogen and oxygen atoms in total. The summed E-state index contributed by atoms with van der Waals surface area (Å²) in [6.45, 7) is 1.66. The highest BCUT2D eigenvalue weighted by Crippen LogP contribution is 2.33. The van der Waals surface area contributed by atoms with Gasteiger partial charge < -0.3 is 16.8 Å². The molecule has 3 aromatic heterocycles. The summed E-state index contributed by atoms with van der Waals surface area (Å²) in [5.41, 5.74) is 10.1. The molecule has 0 aliphatic carbocycles. The van der Waals surface area contributed by atoms with Crippen LogP contribution in [0.1, 0.15) is 30.8 Å². The number of alkyl halides is 2. The van der Waals surface area contributed by atoms with Crippen molar-refractivity contribution in [2.24, 2.45) is 0 Å². The van der Waals surface area contributed by atoms with E-state index in [4.69, 9.17) is 34.7 Å². The second kappa shape index (κ2) is 8.20. The number of anilines is 3. The number of nitrogens with two attached hydrogens (primary N) is 2. The van der Waals surface area contributed by atoms with Gasteiger partial charge in [-0.3, -0.25) is 9.89 Å². The van der Waals surface area contributed by atoms with Gasteiger partial charge in [0, 0.05) is 6.07 Å². The quantitative estimate of drug-likeness (QED) is 0.337. The van der Waals surface area contributed by atoms with E-state index in [-0.39, 0.29) is 50.2 Å². The smallest absolute Gasteiger partial charge is 0.267 e. The lowest BCUT2D eigenvalue weighted by Gasteiger charge is -2.20. The summed E-state index contributed by atoms with van der Waals surface area (Å²) in [7, 11) is 0. The van der Waals surface area contributed by atoms with Crippen LogP contribution in [0.2, 0.25) is 10.0 Å². The number of nitrogens with one attached hydrogen (secondary N) is 2. The molecule has 0 aliphatic heterocycles.